The number of hydrogen-bond acceptors (Lipinski definition) is 8. The molecule has 0 saturated heterocycles. The third-order valence-corrected chi connectivity index (χ3v) is 4.17. The molecular weight excluding hydrogens is 434 g/mol. The van der Waals surface area contributed by atoms with Crippen LogP contribution in [-0.4, -0.2) is 50.1 Å². The molecule has 2 aromatic rings. The number of nitro benzene ring substituents is 1. The molecule has 12 heteroatoms. The van der Waals surface area contributed by atoms with Gasteiger partial charge in [-0.2, -0.15) is 0 Å². The molecule has 0 radical (unpaired) electrons. The van der Waals surface area contributed by atoms with Crippen LogP contribution in [0.15, 0.2) is 36.4 Å². The molecule has 11 nitrogen and oxygen atoms in total. The first-order chi connectivity index (χ1) is 14.7. The average molecular weight is 452 g/mol. The molecule has 0 atom stereocenters. The summed E-state index contributed by atoms with van der Waals surface area (Å²) in [4.78, 5) is 46.0. The van der Waals surface area contributed by atoms with Crippen LogP contribution >= 0.6 is 11.6 Å². The highest BCUT2D eigenvalue weighted by molar-refractivity contribution is 6.33. The number of ether oxygens (including phenoxy) is 3. The van der Waals surface area contributed by atoms with Crippen LogP contribution in [0.4, 0.5) is 11.4 Å². The molecule has 2 N–H and O–H groups in total. The fourth-order valence-electron chi connectivity index (χ4n) is 2.34. The van der Waals surface area contributed by atoms with Crippen LogP contribution in [0.3, 0.4) is 0 Å². The van der Waals surface area contributed by atoms with Gasteiger partial charge in [-0.15, -0.1) is 0 Å². The number of benzene rings is 2. The highest BCUT2D eigenvalue weighted by Gasteiger charge is 2.15. The Morgan fingerprint density at radius 1 is 1.06 bits per heavy atom. The van der Waals surface area contributed by atoms with Crippen molar-refractivity contribution in [2.45, 2.75) is 0 Å². The van der Waals surface area contributed by atoms with Crippen molar-refractivity contribution in [3.8, 4) is 11.5 Å². The van der Waals surface area contributed by atoms with Gasteiger partial charge in [0.15, 0.2) is 18.1 Å². The monoisotopic (exact) mass is 451 g/mol. The predicted molar refractivity (Wildman–Crippen MR) is 110 cm³/mol. The number of esters is 1. The highest BCUT2D eigenvalue weighted by atomic mass is 35.5. The van der Waals surface area contributed by atoms with Gasteiger partial charge in [0.1, 0.15) is 6.54 Å². The fourth-order valence-corrected chi connectivity index (χ4v) is 2.50. The molecule has 0 unspecified atom stereocenters. The maximum absolute atomic E-state index is 12.2. The van der Waals surface area contributed by atoms with E-state index in [1.165, 1.54) is 44.6 Å². The van der Waals surface area contributed by atoms with Crippen LogP contribution in [0.25, 0.3) is 0 Å². The Morgan fingerprint density at radius 3 is 2.42 bits per heavy atom. The Labute approximate surface area is 181 Å². The summed E-state index contributed by atoms with van der Waals surface area (Å²) in [5, 5.41) is 15.5. The highest BCUT2D eigenvalue weighted by Crippen LogP contribution is 2.28. The number of carbonyl (C=O) groups excluding carboxylic acids is 3. The van der Waals surface area contributed by atoms with Crippen molar-refractivity contribution in [1.29, 1.82) is 0 Å². The molecule has 31 heavy (non-hydrogen) atoms. The SMILES string of the molecule is COc1ccc(C(=O)NCC(=O)OCC(=O)Nc2cc([N+](=O)[O-])ccc2Cl)cc1OC. The first-order valence-electron chi connectivity index (χ1n) is 8.64. The van der Waals surface area contributed by atoms with Crippen LogP contribution in [0.1, 0.15) is 10.4 Å². The van der Waals surface area contributed by atoms with Gasteiger partial charge in [-0.25, -0.2) is 0 Å². The Balaban J connectivity index is 1.84. The Bertz CT molecular complexity index is 1010. The van der Waals surface area contributed by atoms with E-state index in [1.807, 2.05) is 0 Å². The first-order valence-corrected chi connectivity index (χ1v) is 9.02. The van der Waals surface area contributed by atoms with Gasteiger partial charge in [0, 0.05) is 17.7 Å². The number of carbonyl (C=O) groups is 3. The van der Waals surface area contributed by atoms with E-state index < -0.39 is 35.9 Å². The minimum absolute atomic E-state index is 0.00123. The van der Waals surface area contributed by atoms with E-state index in [2.05, 4.69) is 10.6 Å². The fraction of sp³-hybridized carbons (Fsp3) is 0.211. The Morgan fingerprint density at radius 2 is 1.77 bits per heavy atom. The van der Waals surface area contributed by atoms with Gasteiger partial charge in [-0.1, -0.05) is 11.6 Å². The van der Waals surface area contributed by atoms with Crippen molar-refractivity contribution < 1.29 is 33.5 Å². The van der Waals surface area contributed by atoms with Crippen LogP contribution in [-0.2, 0) is 14.3 Å². The molecule has 2 aromatic carbocycles. The lowest BCUT2D eigenvalue weighted by Crippen LogP contribution is -2.32. The van der Waals surface area contributed by atoms with Crippen molar-refractivity contribution in [3.63, 3.8) is 0 Å². The van der Waals surface area contributed by atoms with Crippen LogP contribution in [0.5, 0.6) is 11.5 Å². The smallest absolute Gasteiger partial charge is 0.325 e. The minimum Gasteiger partial charge on any atom is -0.493 e. The van der Waals surface area contributed by atoms with Gasteiger partial charge < -0.3 is 24.8 Å². The summed E-state index contributed by atoms with van der Waals surface area (Å²) in [6.45, 7) is -1.16. The number of halogens is 1. The maximum atomic E-state index is 12.2. The number of non-ortho nitro benzene ring substituents is 1. The van der Waals surface area contributed by atoms with E-state index in [0.717, 1.165) is 6.07 Å². The number of amides is 2. The maximum Gasteiger partial charge on any atom is 0.325 e. The normalized spacial score (nSPS) is 10.0. The van der Waals surface area contributed by atoms with Crippen LogP contribution in [0.2, 0.25) is 5.02 Å². The summed E-state index contributed by atoms with van der Waals surface area (Å²) < 4.78 is 15.0. The molecule has 0 saturated carbocycles. The van der Waals surface area contributed by atoms with Crippen molar-refractivity contribution in [2.75, 3.05) is 32.7 Å². The van der Waals surface area contributed by atoms with E-state index in [-0.39, 0.29) is 22.0 Å². The van der Waals surface area contributed by atoms with Crippen LogP contribution in [0, 0.1) is 10.1 Å². The molecule has 0 heterocycles. The third-order valence-electron chi connectivity index (χ3n) is 3.84. The number of nitrogens with zero attached hydrogens (tertiary/aromatic N) is 1. The number of nitrogens with one attached hydrogen (secondary N) is 2. The van der Waals surface area contributed by atoms with Crippen molar-refractivity contribution >= 4 is 40.8 Å². The quantitative estimate of drug-likeness (QED) is 0.335. The third kappa shape index (κ3) is 6.57. The predicted octanol–water partition coefficient (Wildman–Crippen LogP) is 2.18. The van der Waals surface area contributed by atoms with E-state index >= 15 is 0 Å². The average Bonchev–Trinajstić information content (AvgIpc) is 2.76. The second-order valence-electron chi connectivity index (χ2n) is 5.88. The lowest BCUT2D eigenvalue weighted by molar-refractivity contribution is -0.384. The number of hydrogen-bond donors (Lipinski definition) is 2. The second-order valence-corrected chi connectivity index (χ2v) is 6.29. The first kappa shape index (κ1) is 23.4. The molecule has 0 spiro atoms. The number of methoxy groups -OCH3 is 2. The van der Waals surface area contributed by atoms with Gasteiger partial charge in [0.2, 0.25) is 0 Å². The summed E-state index contributed by atoms with van der Waals surface area (Å²) >= 11 is 5.88. The summed E-state index contributed by atoms with van der Waals surface area (Å²) in [7, 11) is 2.87. The van der Waals surface area contributed by atoms with Crippen molar-refractivity contribution in [2.24, 2.45) is 0 Å². The summed E-state index contributed by atoms with van der Waals surface area (Å²) in [5.74, 6) is -1.41. The molecule has 0 aliphatic rings. The molecule has 164 valence electrons. The van der Waals surface area contributed by atoms with E-state index in [9.17, 15) is 24.5 Å². The molecule has 2 rings (SSSR count). The van der Waals surface area contributed by atoms with Crippen molar-refractivity contribution in [3.05, 3.63) is 57.1 Å². The lowest BCUT2D eigenvalue weighted by Gasteiger charge is -2.10. The van der Waals surface area contributed by atoms with Crippen LogP contribution < -0.4 is 20.1 Å². The Kier molecular flexibility index (Phi) is 8.15. The molecule has 0 fully saturated rings. The lowest BCUT2D eigenvalue weighted by atomic mass is 10.2. The number of anilines is 1. The van der Waals surface area contributed by atoms with Gasteiger partial charge in [0.25, 0.3) is 17.5 Å². The second kappa shape index (κ2) is 10.8. The molecule has 0 aliphatic heterocycles. The number of rotatable bonds is 9. The minimum atomic E-state index is -0.867. The van der Waals surface area contributed by atoms with Gasteiger partial charge in [-0.3, -0.25) is 24.5 Å². The van der Waals surface area contributed by atoms with Gasteiger partial charge in [-0.05, 0) is 24.3 Å². The molecular formula is C19H18ClN3O8. The summed E-state index contributed by atoms with van der Waals surface area (Å²) in [6.07, 6.45) is 0. The molecule has 0 aromatic heterocycles. The zero-order valence-corrected chi connectivity index (χ0v) is 17.2. The number of nitro groups is 1. The molecule has 0 aliphatic carbocycles. The van der Waals surface area contributed by atoms with E-state index in [1.54, 1.807) is 0 Å². The zero-order valence-electron chi connectivity index (χ0n) is 16.5. The zero-order chi connectivity index (χ0) is 23.0. The molecule has 0 bridgehead atoms. The summed E-state index contributed by atoms with van der Waals surface area (Å²) in [5.41, 5.74) is -0.0447. The van der Waals surface area contributed by atoms with Crippen molar-refractivity contribution in [1.82, 2.24) is 5.32 Å². The van der Waals surface area contributed by atoms with E-state index in [4.69, 9.17) is 25.8 Å². The van der Waals surface area contributed by atoms with Gasteiger partial charge in [0.05, 0.1) is 29.9 Å². The topological polar surface area (TPSA) is 146 Å². The summed E-state index contributed by atoms with van der Waals surface area (Å²) in [6, 6.07) is 7.97. The Hall–Kier alpha value is -3.86. The standard InChI is InChI=1S/C19H18ClN3O8/c1-29-15-6-3-11(7-16(15)30-2)19(26)21-9-18(25)31-10-17(24)22-14-8-12(23(27)28)4-5-13(14)20/h3-8H,9-10H2,1-2H3,(H,21,26)(H,22,24). The molecule has 2 amide bonds. The van der Waals surface area contributed by atoms with Gasteiger partial charge >= 0.3 is 5.97 Å². The van der Waals surface area contributed by atoms with E-state index in [0.29, 0.717) is 11.5 Å². The largest absolute Gasteiger partial charge is 0.493 e.